The van der Waals surface area contributed by atoms with E-state index in [1.807, 2.05) is 0 Å². The number of nitrogens with two attached hydrogens (primary N) is 1. The van der Waals surface area contributed by atoms with Crippen molar-refractivity contribution < 1.29 is 19.1 Å². The van der Waals surface area contributed by atoms with E-state index in [0.29, 0.717) is 0 Å². The molecule has 3 amide bonds. The van der Waals surface area contributed by atoms with E-state index in [2.05, 4.69) is 20.6 Å². The molecule has 1 aromatic heterocycles. The van der Waals surface area contributed by atoms with Crippen LogP contribution >= 0.6 is 11.8 Å². The molecule has 0 aliphatic carbocycles. The van der Waals surface area contributed by atoms with Crippen LogP contribution in [0.5, 0.6) is 0 Å². The summed E-state index contributed by atoms with van der Waals surface area (Å²) in [6.07, 6.45) is 1.24. The molecule has 10 heteroatoms. The molecule has 0 unspecified atom stereocenters. The van der Waals surface area contributed by atoms with Crippen LogP contribution in [-0.4, -0.2) is 46.8 Å². The molecule has 1 atom stereocenters. The van der Waals surface area contributed by atoms with Gasteiger partial charge in [0.2, 0.25) is 5.91 Å². The summed E-state index contributed by atoms with van der Waals surface area (Å²) in [7, 11) is 1.40. The second kappa shape index (κ2) is 8.17. The molecule has 120 valence electrons. The summed E-state index contributed by atoms with van der Waals surface area (Å²) in [4.78, 5) is 42.2. The molecule has 1 heterocycles. The third kappa shape index (κ3) is 4.88. The minimum absolute atomic E-state index is 0.0325. The number of nitrogens with zero attached hydrogens (tertiary/aromatic N) is 2. The number of urea groups is 1. The lowest BCUT2D eigenvalue weighted by molar-refractivity contribution is -0.119. The van der Waals surface area contributed by atoms with E-state index < -0.39 is 23.2 Å². The van der Waals surface area contributed by atoms with Crippen LogP contribution in [0.4, 0.5) is 10.6 Å². The van der Waals surface area contributed by atoms with Gasteiger partial charge in [0, 0.05) is 13.2 Å². The van der Waals surface area contributed by atoms with Gasteiger partial charge in [-0.05, 0) is 13.8 Å². The first-order valence-electron chi connectivity index (χ1n) is 6.37. The van der Waals surface area contributed by atoms with Gasteiger partial charge in [-0.25, -0.2) is 19.6 Å². The van der Waals surface area contributed by atoms with Gasteiger partial charge in [-0.15, -0.1) is 0 Å². The van der Waals surface area contributed by atoms with Crippen LogP contribution in [0, 0.1) is 0 Å². The Kier molecular flexibility index (Phi) is 6.57. The van der Waals surface area contributed by atoms with E-state index in [4.69, 9.17) is 10.5 Å². The Morgan fingerprint density at radius 3 is 2.68 bits per heavy atom. The van der Waals surface area contributed by atoms with Crippen LogP contribution in [-0.2, 0) is 9.53 Å². The largest absolute Gasteiger partial charge is 0.462 e. The first kappa shape index (κ1) is 17.7. The molecule has 0 bridgehead atoms. The number of rotatable bonds is 5. The van der Waals surface area contributed by atoms with Gasteiger partial charge in [0.05, 0.1) is 11.9 Å². The topological polar surface area (TPSA) is 136 Å². The fraction of sp³-hybridized carbons (Fsp3) is 0.417. The molecule has 0 aliphatic rings. The summed E-state index contributed by atoms with van der Waals surface area (Å²) < 4.78 is 4.81. The van der Waals surface area contributed by atoms with Crippen molar-refractivity contribution in [2.75, 3.05) is 19.4 Å². The van der Waals surface area contributed by atoms with Gasteiger partial charge in [0.1, 0.15) is 11.4 Å². The zero-order valence-corrected chi connectivity index (χ0v) is 13.2. The van der Waals surface area contributed by atoms with E-state index in [9.17, 15) is 14.4 Å². The third-order valence-electron chi connectivity index (χ3n) is 2.41. The normalized spacial score (nSPS) is 11.4. The number of thioether (sulfide) groups is 1. The lowest BCUT2D eigenvalue weighted by Crippen LogP contribution is -2.41. The van der Waals surface area contributed by atoms with Crippen molar-refractivity contribution in [3.8, 4) is 0 Å². The summed E-state index contributed by atoms with van der Waals surface area (Å²) in [5, 5.41) is 4.01. The van der Waals surface area contributed by atoms with E-state index >= 15 is 0 Å². The highest BCUT2D eigenvalue weighted by Crippen LogP contribution is 2.21. The maximum absolute atomic E-state index is 11.7. The molecule has 0 aromatic carbocycles. The van der Waals surface area contributed by atoms with E-state index in [-0.39, 0.29) is 23.1 Å². The molecular weight excluding hydrogens is 310 g/mol. The molecule has 9 nitrogen and oxygen atoms in total. The van der Waals surface area contributed by atoms with Gasteiger partial charge in [0.25, 0.3) is 0 Å². The minimum atomic E-state index is -0.620. The van der Waals surface area contributed by atoms with Crippen molar-refractivity contribution in [1.29, 1.82) is 0 Å². The average molecular weight is 327 g/mol. The van der Waals surface area contributed by atoms with Crippen molar-refractivity contribution in [1.82, 2.24) is 20.6 Å². The fourth-order valence-electron chi connectivity index (χ4n) is 1.29. The lowest BCUT2D eigenvalue weighted by Gasteiger charge is -2.10. The quantitative estimate of drug-likeness (QED) is 0.395. The van der Waals surface area contributed by atoms with Crippen LogP contribution in [0.15, 0.2) is 11.4 Å². The molecule has 4 N–H and O–H groups in total. The molecule has 1 rings (SSSR count). The molecule has 0 fully saturated rings. The first-order chi connectivity index (χ1) is 10.4. The molecule has 22 heavy (non-hydrogen) atoms. The number of imide groups is 1. The van der Waals surface area contributed by atoms with Gasteiger partial charge in [-0.1, -0.05) is 11.8 Å². The van der Waals surface area contributed by atoms with Crippen molar-refractivity contribution in [3.05, 3.63) is 11.8 Å². The molecule has 0 spiro atoms. The SMILES string of the molecule is CCOC(=O)c1cnc(S[C@@H](C)C(=O)NC(=O)NC)nc1N. The summed E-state index contributed by atoms with van der Waals surface area (Å²) >= 11 is 1.01. The Hall–Kier alpha value is -2.36. The number of hydrogen-bond acceptors (Lipinski definition) is 8. The van der Waals surface area contributed by atoms with Crippen molar-refractivity contribution >= 4 is 35.5 Å². The Morgan fingerprint density at radius 2 is 2.14 bits per heavy atom. The Labute approximate surface area is 131 Å². The Balaban J connectivity index is 2.74. The molecule has 0 saturated heterocycles. The van der Waals surface area contributed by atoms with Gasteiger partial charge in [0.15, 0.2) is 5.16 Å². The highest BCUT2D eigenvalue weighted by Gasteiger charge is 2.19. The number of nitrogen functional groups attached to an aromatic ring is 1. The number of anilines is 1. The summed E-state index contributed by atoms with van der Waals surface area (Å²) in [6, 6.07) is -0.601. The lowest BCUT2D eigenvalue weighted by atomic mass is 10.3. The summed E-state index contributed by atoms with van der Waals surface area (Å²) in [6.45, 7) is 3.47. The highest BCUT2D eigenvalue weighted by molar-refractivity contribution is 8.00. The molecule has 0 radical (unpaired) electrons. The summed E-state index contributed by atoms with van der Waals surface area (Å²) in [5.41, 5.74) is 5.74. The third-order valence-corrected chi connectivity index (χ3v) is 3.38. The first-order valence-corrected chi connectivity index (χ1v) is 7.25. The maximum atomic E-state index is 11.7. The molecule has 0 aliphatic heterocycles. The minimum Gasteiger partial charge on any atom is -0.462 e. The zero-order valence-electron chi connectivity index (χ0n) is 12.4. The second-order valence-electron chi connectivity index (χ2n) is 4.00. The van der Waals surface area contributed by atoms with Gasteiger partial charge in [-0.3, -0.25) is 10.1 Å². The predicted octanol–water partition coefficient (Wildman–Crippen LogP) is 0.172. The van der Waals surface area contributed by atoms with Crippen LogP contribution in [0.3, 0.4) is 0 Å². The van der Waals surface area contributed by atoms with Crippen LogP contribution in [0.25, 0.3) is 0 Å². The summed E-state index contributed by atoms with van der Waals surface area (Å²) in [5.74, 6) is -1.14. The maximum Gasteiger partial charge on any atom is 0.343 e. The van der Waals surface area contributed by atoms with E-state index in [1.165, 1.54) is 13.2 Å². The average Bonchev–Trinajstić information content (AvgIpc) is 2.47. The Bertz CT molecular complexity index is 581. The number of esters is 1. The fourth-order valence-corrected chi connectivity index (χ4v) is 2.04. The van der Waals surface area contributed by atoms with Crippen molar-refractivity contribution in [2.24, 2.45) is 0 Å². The van der Waals surface area contributed by atoms with Gasteiger partial charge in [-0.2, -0.15) is 0 Å². The monoisotopic (exact) mass is 327 g/mol. The number of aromatic nitrogens is 2. The van der Waals surface area contributed by atoms with Crippen molar-refractivity contribution in [2.45, 2.75) is 24.3 Å². The highest BCUT2D eigenvalue weighted by atomic mass is 32.2. The Morgan fingerprint density at radius 1 is 1.45 bits per heavy atom. The second-order valence-corrected chi connectivity index (χ2v) is 5.31. The number of carbonyl (C=O) groups is 3. The molecular formula is C12H17N5O4S. The van der Waals surface area contributed by atoms with Gasteiger partial charge >= 0.3 is 12.0 Å². The predicted molar refractivity (Wildman–Crippen MR) is 80.3 cm³/mol. The van der Waals surface area contributed by atoms with E-state index in [1.54, 1.807) is 13.8 Å². The number of nitrogens with one attached hydrogen (secondary N) is 2. The number of carbonyl (C=O) groups excluding carboxylic acids is 3. The van der Waals surface area contributed by atoms with Crippen LogP contribution in [0.2, 0.25) is 0 Å². The van der Waals surface area contributed by atoms with Crippen LogP contribution < -0.4 is 16.4 Å². The van der Waals surface area contributed by atoms with Crippen LogP contribution in [0.1, 0.15) is 24.2 Å². The van der Waals surface area contributed by atoms with Crippen molar-refractivity contribution in [3.63, 3.8) is 0 Å². The van der Waals surface area contributed by atoms with E-state index in [0.717, 1.165) is 11.8 Å². The zero-order chi connectivity index (χ0) is 16.7. The van der Waals surface area contributed by atoms with Gasteiger partial charge < -0.3 is 15.8 Å². The number of hydrogen-bond donors (Lipinski definition) is 3. The standard InChI is InChI=1S/C12H17N5O4S/c1-4-21-10(19)7-5-15-12(16-8(7)13)22-6(2)9(18)17-11(20)14-3/h5-6H,4H2,1-3H3,(H2,13,15,16)(H2,14,17,18,20)/t6-/m0/s1. The molecule has 0 saturated carbocycles. The smallest absolute Gasteiger partial charge is 0.343 e. The number of amides is 3. The molecule has 1 aromatic rings. The number of ether oxygens (including phenoxy) is 1.